The number of nitrogens with two attached hydrogens (primary N) is 1. The fraction of sp³-hybridized carbons (Fsp3) is 0.545. The van der Waals surface area contributed by atoms with Gasteiger partial charge in [-0.2, -0.15) is 0 Å². The summed E-state index contributed by atoms with van der Waals surface area (Å²) in [5.74, 6) is 0.680. The summed E-state index contributed by atoms with van der Waals surface area (Å²) in [6, 6.07) is 3.92. The van der Waals surface area contributed by atoms with Gasteiger partial charge in [-0.1, -0.05) is 6.07 Å². The van der Waals surface area contributed by atoms with Crippen LogP contribution in [0.3, 0.4) is 0 Å². The SMILES string of the molecule is CCOc1ccc(C2(N)CCC2)cn1. The predicted molar refractivity (Wildman–Crippen MR) is 55.1 cm³/mol. The van der Waals surface area contributed by atoms with E-state index in [-0.39, 0.29) is 5.54 Å². The summed E-state index contributed by atoms with van der Waals surface area (Å²) in [5.41, 5.74) is 7.19. The second-order valence-electron chi connectivity index (χ2n) is 3.83. The number of ether oxygens (including phenoxy) is 1. The molecular formula is C11H16N2O. The van der Waals surface area contributed by atoms with E-state index in [1.54, 1.807) is 0 Å². The van der Waals surface area contributed by atoms with Crippen LogP contribution in [0.2, 0.25) is 0 Å². The average molecular weight is 192 g/mol. The molecule has 0 unspecified atom stereocenters. The second kappa shape index (κ2) is 3.58. The van der Waals surface area contributed by atoms with Crippen LogP contribution in [0.25, 0.3) is 0 Å². The number of pyridine rings is 1. The monoisotopic (exact) mass is 192 g/mol. The molecule has 0 bridgehead atoms. The van der Waals surface area contributed by atoms with Crippen LogP contribution in [0.15, 0.2) is 18.3 Å². The van der Waals surface area contributed by atoms with Gasteiger partial charge in [-0.15, -0.1) is 0 Å². The van der Waals surface area contributed by atoms with E-state index in [4.69, 9.17) is 10.5 Å². The number of aromatic nitrogens is 1. The molecule has 0 radical (unpaired) electrons. The first-order chi connectivity index (χ1) is 6.74. The highest BCUT2D eigenvalue weighted by Crippen LogP contribution is 2.38. The maximum absolute atomic E-state index is 6.17. The summed E-state index contributed by atoms with van der Waals surface area (Å²) < 4.78 is 5.27. The van der Waals surface area contributed by atoms with Gasteiger partial charge in [0.05, 0.1) is 6.61 Å². The number of nitrogens with zero attached hydrogens (tertiary/aromatic N) is 1. The molecule has 0 aliphatic heterocycles. The maximum atomic E-state index is 6.17. The lowest BCUT2D eigenvalue weighted by Crippen LogP contribution is -2.43. The number of rotatable bonds is 3. The molecule has 76 valence electrons. The van der Waals surface area contributed by atoms with Crippen molar-refractivity contribution >= 4 is 0 Å². The third kappa shape index (κ3) is 1.60. The van der Waals surface area contributed by atoms with Crippen LogP contribution in [-0.2, 0) is 5.54 Å². The molecule has 1 heterocycles. The van der Waals surface area contributed by atoms with Crippen molar-refractivity contribution in [3.63, 3.8) is 0 Å². The lowest BCUT2D eigenvalue weighted by Gasteiger charge is -2.38. The molecule has 0 amide bonds. The molecule has 14 heavy (non-hydrogen) atoms. The summed E-state index contributed by atoms with van der Waals surface area (Å²) >= 11 is 0. The van der Waals surface area contributed by atoms with Gasteiger partial charge < -0.3 is 10.5 Å². The van der Waals surface area contributed by atoms with E-state index in [2.05, 4.69) is 4.98 Å². The zero-order valence-corrected chi connectivity index (χ0v) is 8.49. The van der Waals surface area contributed by atoms with Gasteiger partial charge in [0.1, 0.15) is 0 Å². The molecule has 1 saturated carbocycles. The van der Waals surface area contributed by atoms with Crippen molar-refractivity contribution in [1.29, 1.82) is 0 Å². The zero-order chi connectivity index (χ0) is 10.0. The number of hydrogen-bond acceptors (Lipinski definition) is 3. The van der Waals surface area contributed by atoms with Gasteiger partial charge in [0.25, 0.3) is 0 Å². The molecule has 0 atom stereocenters. The van der Waals surface area contributed by atoms with Crippen molar-refractivity contribution in [1.82, 2.24) is 4.98 Å². The maximum Gasteiger partial charge on any atom is 0.213 e. The standard InChI is InChI=1S/C11H16N2O/c1-2-14-10-5-4-9(8-13-10)11(12)6-3-7-11/h4-5,8H,2-3,6-7,12H2,1H3. The van der Waals surface area contributed by atoms with Crippen LogP contribution < -0.4 is 10.5 Å². The van der Waals surface area contributed by atoms with Crippen molar-refractivity contribution in [2.24, 2.45) is 5.73 Å². The van der Waals surface area contributed by atoms with E-state index in [9.17, 15) is 0 Å². The van der Waals surface area contributed by atoms with Crippen molar-refractivity contribution in [3.05, 3.63) is 23.9 Å². The Morgan fingerprint density at radius 3 is 2.71 bits per heavy atom. The molecule has 1 fully saturated rings. The molecule has 2 N–H and O–H groups in total. The van der Waals surface area contributed by atoms with Gasteiger partial charge in [0, 0.05) is 17.8 Å². The predicted octanol–water partition coefficient (Wildman–Crippen LogP) is 1.82. The summed E-state index contributed by atoms with van der Waals surface area (Å²) in [4.78, 5) is 4.21. The van der Waals surface area contributed by atoms with Crippen molar-refractivity contribution in [2.45, 2.75) is 31.7 Å². The third-order valence-corrected chi connectivity index (χ3v) is 2.85. The normalized spacial score (nSPS) is 18.7. The minimum absolute atomic E-state index is 0.113. The average Bonchev–Trinajstić information content (AvgIpc) is 2.16. The fourth-order valence-corrected chi connectivity index (χ4v) is 1.75. The summed E-state index contributed by atoms with van der Waals surface area (Å²) in [7, 11) is 0. The van der Waals surface area contributed by atoms with Crippen LogP contribution in [0.1, 0.15) is 31.7 Å². The van der Waals surface area contributed by atoms with Crippen LogP contribution in [0.5, 0.6) is 5.88 Å². The molecule has 1 aromatic heterocycles. The summed E-state index contributed by atoms with van der Waals surface area (Å²) in [6.07, 6.45) is 5.21. The Hall–Kier alpha value is -1.09. The molecule has 2 rings (SSSR count). The van der Waals surface area contributed by atoms with Crippen molar-refractivity contribution < 1.29 is 4.74 Å². The lowest BCUT2D eigenvalue weighted by atomic mass is 9.73. The lowest BCUT2D eigenvalue weighted by molar-refractivity contribution is 0.252. The molecule has 3 nitrogen and oxygen atoms in total. The minimum Gasteiger partial charge on any atom is -0.478 e. The first kappa shape index (κ1) is 9.46. The molecule has 0 spiro atoms. The van der Waals surface area contributed by atoms with Gasteiger partial charge in [-0.05, 0) is 31.7 Å². The largest absolute Gasteiger partial charge is 0.478 e. The Morgan fingerprint density at radius 2 is 2.29 bits per heavy atom. The zero-order valence-electron chi connectivity index (χ0n) is 8.49. The topological polar surface area (TPSA) is 48.1 Å². The van der Waals surface area contributed by atoms with Crippen LogP contribution in [0, 0.1) is 0 Å². The highest BCUT2D eigenvalue weighted by Gasteiger charge is 2.34. The molecule has 1 aliphatic rings. The van der Waals surface area contributed by atoms with Crippen LogP contribution in [0.4, 0.5) is 0 Å². The van der Waals surface area contributed by atoms with Gasteiger partial charge in [-0.25, -0.2) is 4.98 Å². The van der Waals surface area contributed by atoms with E-state index in [0.29, 0.717) is 12.5 Å². The quantitative estimate of drug-likeness (QED) is 0.794. The molecule has 1 aliphatic carbocycles. The molecule has 3 heteroatoms. The Morgan fingerprint density at radius 1 is 1.50 bits per heavy atom. The van der Waals surface area contributed by atoms with Gasteiger partial charge in [0.15, 0.2) is 0 Å². The number of hydrogen-bond donors (Lipinski definition) is 1. The minimum atomic E-state index is -0.113. The van der Waals surface area contributed by atoms with Crippen molar-refractivity contribution in [2.75, 3.05) is 6.61 Å². The Bertz CT molecular complexity index is 304. The molecular weight excluding hydrogens is 176 g/mol. The van der Waals surface area contributed by atoms with E-state index in [1.807, 2.05) is 25.3 Å². The van der Waals surface area contributed by atoms with Gasteiger partial charge in [-0.3, -0.25) is 0 Å². The Labute approximate surface area is 84.3 Å². The second-order valence-corrected chi connectivity index (χ2v) is 3.83. The molecule has 0 aromatic carbocycles. The van der Waals surface area contributed by atoms with E-state index in [0.717, 1.165) is 18.4 Å². The summed E-state index contributed by atoms with van der Waals surface area (Å²) in [5, 5.41) is 0. The first-order valence-electron chi connectivity index (χ1n) is 5.13. The Kier molecular flexibility index (Phi) is 2.42. The highest BCUT2D eigenvalue weighted by atomic mass is 16.5. The molecule has 1 aromatic rings. The highest BCUT2D eigenvalue weighted by molar-refractivity contribution is 5.26. The van der Waals surface area contributed by atoms with Gasteiger partial charge in [0.2, 0.25) is 5.88 Å². The molecule has 0 saturated heterocycles. The van der Waals surface area contributed by atoms with E-state index >= 15 is 0 Å². The Balaban J connectivity index is 2.13. The van der Waals surface area contributed by atoms with E-state index < -0.39 is 0 Å². The first-order valence-corrected chi connectivity index (χ1v) is 5.13. The van der Waals surface area contributed by atoms with Crippen LogP contribution in [-0.4, -0.2) is 11.6 Å². The smallest absolute Gasteiger partial charge is 0.213 e. The third-order valence-electron chi connectivity index (χ3n) is 2.85. The van der Waals surface area contributed by atoms with Crippen molar-refractivity contribution in [3.8, 4) is 5.88 Å². The fourth-order valence-electron chi connectivity index (χ4n) is 1.75. The van der Waals surface area contributed by atoms with Gasteiger partial charge >= 0.3 is 0 Å². The summed E-state index contributed by atoms with van der Waals surface area (Å²) in [6.45, 7) is 2.60. The van der Waals surface area contributed by atoms with E-state index in [1.165, 1.54) is 6.42 Å². The van der Waals surface area contributed by atoms with Crippen LogP contribution >= 0.6 is 0 Å².